The fourth-order valence-corrected chi connectivity index (χ4v) is 1.87. The maximum absolute atomic E-state index is 11.9. The molecule has 0 unspecified atom stereocenters. The van der Waals surface area contributed by atoms with E-state index in [9.17, 15) is 4.79 Å². The number of para-hydroxylation sites is 1. The van der Waals surface area contributed by atoms with Gasteiger partial charge in [-0.1, -0.05) is 12.1 Å². The van der Waals surface area contributed by atoms with Crippen LogP contribution in [0.1, 0.15) is 12.5 Å². The molecule has 80 valence electrons. The molecule has 1 aromatic carbocycles. The Hall–Kier alpha value is -2.28. The van der Waals surface area contributed by atoms with E-state index in [0.717, 1.165) is 5.52 Å². The number of fused-ring (bicyclic) bond motifs is 1. The molecule has 0 fully saturated rings. The molecule has 2 aromatic rings. The summed E-state index contributed by atoms with van der Waals surface area (Å²) in [5.74, 6) is 0.244. The van der Waals surface area contributed by atoms with Crippen molar-refractivity contribution in [3.8, 4) is 6.07 Å². The van der Waals surface area contributed by atoms with Gasteiger partial charge in [0.05, 0.1) is 5.52 Å². The van der Waals surface area contributed by atoms with Gasteiger partial charge in [-0.2, -0.15) is 5.26 Å². The first-order chi connectivity index (χ1) is 7.70. The van der Waals surface area contributed by atoms with Gasteiger partial charge in [-0.05, 0) is 19.1 Å². The third-order valence-corrected chi connectivity index (χ3v) is 2.64. The Bertz CT molecular complexity index is 650. The smallest absolute Gasteiger partial charge is 0.209 e. The molecule has 0 spiro atoms. The summed E-state index contributed by atoms with van der Waals surface area (Å²) >= 11 is 0. The molecule has 0 bridgehead atoms. The monoisotopic (exact) mass is 213 g/mol. The van der Waals surface area contributed by atoms with Gasteiger partial charge in [0.2, 0.25) is 5.43 Å². The summed E-state index contributed by atoms with van der Waals surface area (Å²) in [6, 6.07) is 9.04. The van der Waals surface area contributed by atoms with Gasteiger partial charge >= 0.3 is 0 Å². The first-order valence-corrected chi connectivity index (χ1v) is 5.01. The van der Waals surface area contributed by atoms with Crippen LogP contribution in [0.2, 0.25) is 0 Å². The first kappa shape index (κ1) is 10.2. The number of anilines is 1. The molecule has 0 saturated carbocycles. The van der Waals surface area contributed by atoms with Crippen LogP contribution >= 0.6 is 0 Å². The van der Waals surface area contributed by atoms with Crippen molar-refractivity contribution in [2.75, 3.05) is 5.73 Å². The number of aryl methyl sites for hydroxylation is 1. The molecule has 0 atom stereocenters. The molecule has 0 radical (unpaired) electrons. The number of rotatable bonds is 1. The van der Waals surface area contributed by atoms with Crippen LogP contribution in [-0.4, -0.2) is 4.57 Å². The van der Waals surface area contributed by atoms with Crippen LogP contribution in [0.15, 0.2) is 29.1 Å². The molecule has 16 heavy (non-hydrogen) atoms. The Balaban J connectivity index is 3.08. The lowest BCUT2D eigenvalue weighted by atomic mass is 10.1. The van der Waals surface area contributed by atoms with Gasteiger partial charge in [-0.3, -0.25) is 4.79 Å². The molecule has 4 heteroatoms. The Kier molecular flexibility index (Phi) is 2.37. The van der Waals surface area contributed by atoms with Crippen LogP contribution in [0.5, 0.6) is 0 Å². The van der Waals surface area contributed by atoms with Crippen LogP contribution in [0, 0.1) is 11.3 Å². The maximum Gasteiger partial charge on any atom is 0.209 e. The van der Waals surface area contributed by atoms with Crippen LogP contribution in [-0.2, 0) is 6.54 Å². The molecule has 2 N–H and O–H groups in total. The van der Waals surface area contributed by atoms with Gasteiger partial charge in [0, 0.05) is 11.9 Å². The fraction of sp³-hybridized carbons (Fsp3) is 0.167. The average Bonchev–Trinajstić information content (AvgIpc) is 2.30. The molecular formula is C12H11N3O. The lowest BCUT2D eigenvalue weighted by Crippen LogP contribution is -2.17. The summed E-state index contributed by atoms with van der Waals surface area (Å²) in [5, 5.41) is 9.47. The van der Waals surface area contributed by atoms with Gasteiger partial charge < -0.3 is 10.3 Å². The zero-order chi connectivity index (χ0) is 11.7. The minimum absolute atomic E-state index is 0.0283. The van der Waals surface area contributed by atoms with Gasteiger partial charge in [-0.15, -0.1) is 0 Å². The highest BCUT2D eigenvalue weighted by atomic mass is 16.1. The first-order valence-electron chi connectivity index (χ1n) is 5.01. The number of nitrogens with zero attached hydrogens (tertiary/aromatic N) is 2. The standard InChI is InChI=1S/C12H11N3O/c1-2-15-10-6-4-3-5-8(10)11(16)9(7-13)12(15)14/h3-6H,2,14H2,1H3. The van der Waals surface area contributed by atoms with E-state index in [-0.39, 0.29) is 16.8 Å². The topological polar surface area (TPSA) is 71.8 Å². The summed E-state index contributed by atoms with van der Waals surface area (Å²) < 4.78 is 1.77. The fourth-order valence-electron chi connectivity index (χ4n) is 1.87. The summed E-state index contributed by atoms with van der Waals surface area (Å²) in [6.07, 6.45) is 0. The largest absolute Gasteiger partial charge is 0.384 e. The molecule has 0 amide bonds. The number of pyridine rings is 1. The van der Waals surface area contributed by atoms with Crippen LogP contribution in [0.4, 0.5) is 5.82 Å². The number of nitriles is 1. The van der Waals surface area contributed by atoms with Crippen molar-refractivity contribution in [3.05, 3.63) is 40.1 Å². The summed E-state index contributed by atoms with van der Waals surface area (Å²) in [5.41, 5.74) is 6.32. The molecule has 4 nitrogen and oxygen atoms in total. The Morgan fingerprint density at radius 3 is 2.75 bits per heavy atom. The molecule has 0 aliphatic heterocycles. The molecule has 1 aromatic heterocycles. The molecule has 0 aliphatic rings. The predicted octanol–water partition coefficient (Wildman–Crippen LogP) is 1.48. The second-order valence-electron chi connectivity index (χ2n) is 3.46. The van der Waals surface area contributed by atoms with Crippen molar-refractivity contribution in [2.45, 2.75) is 13.5 Å². The van der Waals surface area contributed by atoms with Crippen molar-refractivity contribution in [3.63, 3.8) is 0 Å². The van der Waals surface area contributed by atoms with Crippen LogP contribution < -0.4 is 11.2 Å². The Morgan fingerprint density at radius 2 is 2.12 bits per heavy atom. The van der Waals surface area contributed by atoms with E-state index in [2.05, 4.69) is 0 Å². The summed E-state index contributed by atoms with van der Waals surface area (Å²) in [4.78, 5) is 11.9. The van der Waals surface area contributed by atoms with Crippen LogP contribution in [0.3, 0.4) is 0 Å². The number of benzene rings is 1. The normalized spacial score (nSPS) is 10.2. The van der Waals surface area contributed by atoms with Crippen LogP contribution in [0.25, 0.3) is 10.9 Å². The third-order valence-electron chi connectivity index (χ3n) is 2.64. The molecule has 1 heterocycles. The van der Waals surface area contributed by atoms with Gasteiger partial charge in [0.1, 0.15) is 17.5 Å². The van der Waals surface area contributed by atoms with E-state index in [0.29, 0.717) is 11.9 Å². The van der Waals surface area contributed by atoms with Crippen molar-refractivity contribution < 1.29 is 0 Å². The molecule has 2 rings (SSSR count). The van der Waals surface area contributed by atoms with Gasteiger partial charge in [0.25, 0.3) is 0 Å². The van der Waals surface area contributed by atoms with Gasteiger partial charge in [-0.25, -0.2) is 0 Å². The van der Waals surface area contributed by atoms with Crippen molar-refractivity contribution in [2.24, 2.45) is 0 Å². The highest BCUT2D eigenvalue weighted by Gasteiger charge is 2.12. The van der Waals surface area contributed by atoms with Crippen molar-refractivity contribution in [1.29, 1.82) is 5.26 Å². The third kappa shape index (κ3) is 1.26. The second kappa shape index (κ2) is 3.70. The lowest BCUT2D eigenvalue weighted by Gasteiger charge is -2.12. The summed E-state index contributed by atoms with van der Waals surface area (Å²) in [7, 11) is 0. The van der Waals surface area contributed by atoms with E-state index in [1.807, 2.05) is 25.1 Å². The van der Waals surface area contributed by atoms with Crippen molar-refractivity contribution in [1.82, 2.24) is 4.57 Å². The van der Waals surface area contributed by atoms with Gasteiger partial charge in [0.15, 0.2) is 0 Å². The minimum atomic E-state index is -0.291. The second-order valence-corrected chi connectivity index (χ2v) is 3.46. The molecule has 0 aliphatic carbocycles. The lowest BCUT2D eigenvalue weighted by molar-refractivity contribution is 0.798. The number of aromatic nitrogens is 1. The Morgan fingerprint density at radius 1 is 1.44 bits per heavy atom. The highest BCUT2D eigenvalue weighted by Crippen LogP contribution is 2.17. The average molecular weight is 213 g/mol. The molecule has 0 saturated heterocycles. The van der Waals surface area contributed by atoms with E-state index < -0.39 is 0 Å². The minimum Gasteiger partial charge on any atom is -0.384 e. The zero-order valence-corrected chi connectivity index (χ0v) is 8.90. The SMILES string of the molecule is CCn1c(N)c(C#N)c(=O)c2ccccc21. The highest BCUT2D eigenvalue weighted by molar-refractivity contribution is 5.83. The van der Waals surface area contributed by atoms with E-state index in [1.165, 1.54) is 0 Å². The Labute approximate surface area is 92.5 Å². The zero-order valence-electron chi connectivity index (χ0n) is 8.90. The van der Waals surface area contributed by atoms with E-state index >= 15 is 0 Å². The number of nitrogen functional groups attached to an aromatic ring is 1. The number of nitrogens with two attached hydrogens (primary N) is 1. The quantitative estimate of drug-likeness (QED) is 0.779. The molecular weight excluding hydrogens is 202 g/mol. The number of hydrogen-bond acceptors (Lipinski definition) is 3. The number of hydrogen-bond donors (Lipinski definition) is 1. The maximum atomic E-state index is 11.9. The van der Waals surface area contributed by atoms with E-state index in [1.54, 1.807) is 16.7 Å². The predicted molar refractivity (Wildman–Crippen MR) is 63.0 cm³/mol. The summed E-state index contributed by atoms with van der Waals surface area (Å²) in [6.45, 7) is 2.55. The van der Waals surface area contributed by atoms with Crippen molar-refractivity contribution >= 4 is 16.7 Å². The van der Waals surface area contributed by atoms with E-state index in [4.69, 9.17) is 11.0 Å².